The number of nitrogens with zero attached hydrogens (tertiary/aromatic N) is 3. The maximum Gasteiger partial charge on any atom is 0.251 e. The normalized spacial score (nSPS) is 10.2. The fourth-order valence-corrected chi connectivity index (χ4v) is 1.71. The maximum absolute atomic E-state index is 11.9. The topological polar surface area (TPSA) is 95.1 Å². The number of carbonyl (C=O) groups excluding carboxylic acids is 1. The predicted octanol–water partition coefficient (Wildman–Crippen LogP) is 0.689. The van der Waals surface area contributed by atoms with Gasteiger partial charge < -0.3 is 15.8 Å². The highest BCUT2D eigenvalue weighted by molar-refractivity contribution is 5.95. The lowest BCUT2D eigenvalue weighted by atomic mass is 10.1. The summed E-state index contributed by atoms with van der Waals surface area (Å²) in [4.78, 5) is 11.9. The van der Waals surface area contributed by atoms with E-state index in [1.807, 2.05) is 6.92 Å². The quantitative estimate of drug-likeness (QED) is 0.756. The van der Waals surface area contributed by atoms with Crippen molar-refractivity contribution in [1.29, 1.82) is 0 Å². The molecule has 0 unspecified atom stereocenters. The van der Waals surface area contributed by atoms with Crippen LogP contribution in [-0.4, -0.2) is 34.1 Å². The highest BCUT2D eigenvalue weighted by Gasteiger charge is 2.08. The molecule has 1 amide bonds. The largest absolute Gasteiger partial charge is 0.492 e. The van der Waals surface area contributed by atoms with Gasteiger partial charge in [-0.1, -0.05) is 5.21 Å². The number of ether oxygens (including phenoxy) is 1. The molecule has 0 radical (unpaired) electrons. The molecule has 0 spiro atoms. The van der Waals surface area contributed by atoms with E-state index in [1.54, 1.807) is 35.3 Å². The highest BCUT2D eigenvalue weighted by atomic mass is 16.5. The molecule has 2 aromatic rings. The first kappa shape index (κ1) is 13.9. The average Bonchev–Trinajstić information content (AvgIpc) is 2.94. The first-order chi connectivity index (χ1) is 9.70. The van der Waals surface area contributed by atoms with Gasteiger partial charge in [0.05, 0.1) is 25.0 Å². The van der Waals surface area contributed by atoms with Crippen molar-refractivity contribution in [1.82, 2.24) is 20.3 Å². The van der Waals surface area contributed by atoms with Gasteiger partial charge in [-0.25, -0.2) is 0 Å². The van der Waals surface area contributed by atoms with Crippen LogP contribution >= 0.6 is 0 Å². The molecule has 0 aliphatic rings. The predicted molar refractivity (Wildman–Crippen MR) is 74.4 cm³/mol. The maximum atomic E-state index is 11.9. The Morgan fingerprint density at radius 1 is 1.50 bits per heavy atom. The van der Waals surface area contributed by atoms with E-state index in [1.165, 1.54) is 0 Å². The van der Waals surface area contributed by atoms with E-state index in [2.05, 4.69) is 15.6 Å². The lowest BCUT2D eigenvalue weighted by molar-refractivity contribution is 0.0952. The molecule has 0 bridgehead atoms. The number of nitrogens with one attached hydrogen (secondary N) is 1. The number of amides is 1. The van der Waals surface area contributed by atoms with E-state index < -0.39 is 0 Å². The van der Waals surface area contributed by atoms with Gasteiger partial charge in [-0.05, 0) is 25.1 Å². The molecule has 0 saturated carbocycles. The second kappa shape index (κ2) is 6.55. The molecule has 7 heteroatoms. The summed E-state index contributed by atoms with van der Waals surface area (Å²) in [6.07, 6.45) is 3.33. The molecule has 20 heavy (non-hydrogen) atoms. The molecule has 0 atom stereocenters. The van der Waals surface area contributed by atoms with Crippen molar-refractivity contribution in [3.8, 4) is 5.75 Å². The van der Waals surface area contributed by atoms with Crippen LogP contribution < -0.4 is 15.8 Å². The van der Waals surface area contributed by atoms with Crippen molar-refractivity contribution in [2.24, 2.45) is 0 Å². The minimum absolute atomic E-state index is 0.181. The van der Waals surface area contributed by atoms with Crippen LogP contribution in [-0.2, 0) is 6.54 Å². The molecule has 1 heterocycles. The molecule has 0 aliphatic heterocycles. The Bertz CT molecular complexity index is 568. The molecule has 2 rings (SSSR count). The Morgan fingerprint density at radius 2 is 2.35 bits per heavy atom. The zero-order valence-electron chi connectivity index (χ0n) is 11.2. The number of anilines is 1. The van der Waals surface area contributed by atoms with Crippen LogP contribution in [0.4, 0.5) is 5.69 Å². The van der Waals surface area contributed by atoms with Gasteiger partial charge in [0.1, 0.15) is 5.75 Å². The summed E-state index contributed by atoms with van der Waals surface area (Å²) in [6.45, 7) is 3.45. The molecule has 0 aliphatic carbocycles. The third-order valence-corrected chi connectivity index (χ3v) is 2.67. The fourth-order valence-electron chi connectivity index (χ4n) is 1.71. The van der Waals surface area contributed by atoms with Gasteiger partial charge >= 0.3 is 0 Å². The van der Waals surface area contributed by atoms with E-state index in [0.29, 0.717) is 36.7 Å². The van der Waals surface area contributed by atoms with Gasteiger partial charge in [0.25, 0.3) is 5.91 Å². The third-order valence-electron chi connectivity index (χ3n) is 2.67. The Balaban J connectivity index is 1.90. The van der Waals surface area contributed by atoms with Crippen LogP contribution in [0.1, 0.15) is 17.3 Å². The average molecular weight is 275 g/mol. The zero-order chi connectivity index (χ0) is 14.4. The van der Waals surface area contributed by atoms with Crippen molar-refractivity contribution in [2.45, 2.75) is 13.5 Å². The number of benzene rings is 1. The number of aromatic nitrogens is 3. The smallest absolute Gasteiger partial charge is 0.251 e. The lowest BCUT2D eigenvalue weighted by Crippen LogP contribution is -2.27. The van der Waals surface area contributed by atoms with E-state index >= 15 is 0 Å². The van der Waals surface area contributed by atoms with Gasteiger partial charge in [0, 0.05) is 18.3 Å². The molecule has 0 saturated heterocycles. The Kier molecular flexibility index (Phi) is 4.54. The summed E-state index contributed by atoms with van der Waals surface area (Å²) < 4.78 is 6.97. The SMILES string of the molecule is CCOc1ccc(C(=O)NCCn2ccnn2)cc1N. The summed E-state index contributed by atoms with van der Waals surface area (Å²) in [5.41, 5.74) is 6.78. The Labute approximate surface area is 116 Å². The van der Waals surface area contributed by atoms with Crippen molar-refractivity contribution in [3.63, 3.8) is 0 Å². The van der Waals surface area contributed by atoms with Crippen molar-refractivity contribution >= 4 is 11.6 Å². The number of nitrogen functional groups attached to an aromatic ring is 1. The second-order valence-electron chi connectivity index (χ2n) is 4.11. The van der Waals surface area contributed by atoms with Crippen LogP contribution in [0.5, 0.6) is 5.75 Å². The Morgan fingerprint density at radius 3 is 3.00 bits per heavy atom. The summed E-state index contributed by atoms with van der Waals surface area (Å²) in [7, 11) is 0. The molecular formula is C13H17N5O2. The summed E-state index contributed by atoms with van der Waals surface area (Å²) in [5, 5.41) is 10.3. The molecule has 1 aromatic carbocycles. The number of nitrogens with two attached hydrogens (primary N) is 1. The van der Waals surface area contributed by atoms with Crippen LogP contribution in [0.25, 0.3) is 0 Å². The minimum Gasteiger partial charge on any atom is -0.492 e. The molecule has 7 nitrogen and oxygen atoms in total. The van der Waals surface area contributed by atoms with Crippen molar-refractivity contribution in [3.05, 3.63) is 36.2 Å². The monoisotopic (exact) mass is 275 g/mol. The van der Waals surface area contributed by atoms with Gasteiger partial charge in [-0.2, -0.15) is 0 Å². The van der Waals surface area contributed by atoms with Crippen LogP contribution in [0.3, 0.4) is 0 Å². The fraction of sp³-hybridized carbons (Fsp3) is 0.308. The molecule has 106 valence electrons. The summed E-state index contributed by atoms with van der Waals surface area (Å²) >= 11 is 0. The zero-order valence-corrected chi connectivity index (χ0v) is 11.2. The number of carbonyl (C=O) groups is 1. The second-order valence-corrected chi connectivity index (χ2v) is 4.11. The van der Waals surface area contributed by atoms with Crippen molar-refractivity contribution < 1.29 is 9.53 Å². The van der Waals surface area contributed by atoms with Crippen molar-refractivity contribution in [2.75, 3.05) is 18.9 Å². The third kappa shape index (κ3) is 3.47. The van der Waals surface area contributed by atoms with Crippen LogP contribution in [0.15, 0.2) is 30.6 Å². The number of hydrogen-bond acceptors (Lipinski definition) is 5. The molecule has 0 fully saturated rings. The van der Waals surface area contributed by atoms with E-state index in [-0.39, 0.29) is 5.91 Å². The number of hydrogen-bond donors (Lipinski definition) is 2. The van der Waals surface area contributed by atoms with Gasteiger partial charge in [0.15, 0.2) is 0 Å². The standard InChI is InChI=1S/C13H17N5O2/c1-2-20-12-4-3-10(9-11(12)14)13(19)15-5-7-18-8-6-16-17-18/h3-4,6,8-9H,2,5,7,14H2,1H3,(H,15,19). The van der Waals surface area contributed by atoms with Crippen LogP contribution in [0, 0.1) is 0 Å². The van der Waals surface area contributed by atoms with Gasteiger partial charge in [-0.3, -0.25) is 9.48 Å². The molecule has 1 aromatic heterocycles. The highest BCUT2D eigenvalue weighted by Crippen LogP contribution is 2.22. The molecular weight excluding hydrogens is 258 g/mol. The van der Waals surface area contributed by atoms with E-state index in [0.717, 1.165) is 0 Å². The van der Waals surface area contributed by atoms with Crippen LogP contribution in [0.2, 0.25) is 0 Å². The minimum atomic E-state index is -0.181. The summed E-state index contributed by atoms with van der Waals surface area (Å²) in [5.74, 6) is 0.409. The number of rotatable bonds is 6. The molecule has 3 N–H and O–H groups in total. The first-order valence-corrected chi connectivity index (χ1v) is 6.35. The van der Waals surface area contributed by atoms with Gasteiger partial charge in [-0.15, -0.1) is 5.10 Å². The Hall–Kier alpha value is -2.57. The lowest BCUT2D eigenvalue weighted by Gasteiger charge is -2.09. The van der Waals surface area contributed by atoms with E-state index in [4.69, 9.17) is 10.5 Å². The van der Waals surface area contributed by atoms with E-state index in [9.17, 15) is 4.79 Å². The van der Waals surface area contributed by atoms with Gasteiger partial charge in [0.2, 0.25) is 0 Å². The summed E-state index contributed by atoms with van der Waals surface area (Å²) in [6, 6.07) is 4.99. The first-order valence-electron chi connectivity index (χ1n) is 6.35.